The van der Waals surface area contributed by atoms with Gasteiger partial charge in [0.2, 0.25) is 11.8 Å². The third-order valence-corrected chi connectivity index (χ3v) is 4.61. The third-order valence-electron chi connectivity index (χ3n) is 4.61. The Bertz CT molecular complexity index is 608. The van der Waals surface area contributed by atoms with Crippen LogP contribution in [0.1, 0.15) is 52.0 Å². The highest BCUT2D eigenvalue weighted by Gasteiger charge is 2.48. The van der Waals surface area contributed by atoms with Gasteiger partial charge in [0.15, 0.2) is 0 Å². The molecule has 1 spiro atoms. The van der Waals surface area contributed by atoms with Gasteiger partial charge in [-0.05, 0) is 36.6 Å². The van der Waals surface area contributed by atoms with E-state index < -0.39 is 5.41 Å². The van der Waals surface area contributed by atoms with Crippen LogP contribution in [0.5, 0.6) is 0 Å². The molecule has 4 heteroatoms. The Balaban J connectivity index is 1.94. The predicted octanol–water partition coefficient (Wildman–Crippen LogP) is 3.44. The smallest absolute Gasteiger partial charge is 0.235 e. The van der Waals surface area contributed by atoms with Crippen LogP contribution in [0.4, 0.5) is 11.4 Å². The van der Waals surface area contributed by atoms with E-state index in [0.717, 1.165) is 42.6 Å². The Labute approximate surface area is 125 Å². The van der Waals surface area contributed by atoms with E-state index in [0.29, 0.717) is 0 Å². The van der Waals surface area contributed by atoms with Crippen molar-refractivity contribution >= 4 is 23.2 Å². The number of amides is 2. The maximum absolute atomic E-state index is 12.3. The van der Waals surface area contributed by atoms with Crippen molar-refractivity contribution in [3.05, 3.63) is 23.8 Å². The first kappa shape index (κ1) is 14.1. The van der Waals surface area contributed by atoms with E-state index in [4.69, 9.17) is 0 Å². The van der Waals surface area contributed by atoms with Gasteiger partial charge >= 0.3 is 0 Å². The minimum atomic E-state index is -0.432. The van der Waals surface area contributed by atoms with E-state index in [1.165, 1.54) is 0 Å². The summed E-state index contributed by atoms with van der Waals surface area (Å²) in [6, 6.07) is 5.73. The van der Waals surface area contributed by atoms with E-state index in [-0.39, 0.29) is 17.2 Å². The van der Waals surface area contributed by atoms with Crippen molar-refractivity contribution in [3.63, 3.8) is 0 Å². The lowest BCUT2D eigenvalue weighted by Crippen LogP contribution is -2.31. The molecular formula is C17H22N2O2. The Hall–Kier alpha value is -1.84. The van der Waals surface area contributed by atoms with Crippen molar-refractivity contribution in [1.82, 2.24) is 0 Å². The van der Waals surface area contributed by atoms with Gasteiger partial charge in [0.05, 0.1) is 5.41 Å². The molecule has 1 aliphatic heterocycles. The van der Waals surface area contributed by atoms with E-state index in [2.05, 4.69) is 10.6 Å². The summed E-state index contributed by atoms with van der Waals surface area (Å²) in [5.74, 6) is 0.106. The SMILES string of the molecule is CC(C)(C)C(=O)Nc1ccc2c(c1)C1(CCCC1)C(=O)N2. The molecule has 1 fully saturated rings. The van der Waals surface area contributed by atoms with E-state index in [1.54, 1.807) is 0 Å². The van der Waals surface area contributed by atoms with Crippen LogP contribution in [0.3, 0.4) is 0 Å². The van der Waals surface area contributed by atoms with E-state index >= 15 is 0 Å². The normalized spacial score (nSPS) is 19.5. The molecule has 1 aromatic carbocycles. The molecule has 3 rings (SSSR count). The molecule has 0 bridgehead atoms. The molecule has 0 radical (unpaired) electrons. The summed E-state index contributed by atoms with van der Waals surface area (Å²) in [6.07, 6.45) is 3.99. The van der Waals surface area contributed by atoms with Crippen molar-refractivity contribution in [3.8, 4) is 0 Å². The molecule has 112 valence electrons. The number of benzene rings is 1. The van der Waals surface area contributed by atoms with Crippen LogP contribution in [0.15, 0.2) is 18.2 Å². The molecule has 0 aromatic heterocycles. The second-order valence-electron chi connectivity index (χ2n) is 7.21. The van der Waals surface area contributed by atoms with Crippen molar-refractivity contribution < 1.29 is 9.59 Å². The van der Waals surface area contributed by atoms with Gasteiger partial charge in [-0.15, -0.1) is 0 Å². The van der Waals surface area contributed by atoms with Crippen molar-refractivity contribution in [2.75, 3.05) is 10.6 Å². The van der Waals surface area contributed by atoms with Crippen LogP contribution in [0, 0.1) is 5.41 Å². The Morgan fingerprint density at radius 1 is 1.24 bits per heavy atom. The second-order valence-corrected chi connectivity index (χ2v) is 7.21. The lowest BCUT2D eigenvalue weighted by Gasteiger charge is -2.22. The lowest BCUT2D eigenvalue weighted by molar-refractivity contribution is -0.123. The number of fused-ring (bicyclic) bond motifs is 2. The molecular weight excluding hydrogens is 264 g/mol. The average molecular weight is 286 g/mol. The average Bonchev–Trinajstić information content (AvgIpc) is 2.98. The van der Waals surface area contributed by atoms with Gasteiger partial charge in [-0.1, -0.05) is 33.6 Å². The number of nitrogens with one attached hydrogen (secondary N) is 2. The summed E-state index contributed by atoms with van der Waals surface area (Å²) < 4.78 is 0. The fourth-order valence-corrected chi connectivity index (χ4v) is 3.28. The molecule has 21 heavy (non-hydrogen) atoms. The summed E-state index contributed by atoms with van der Waals surface area (Å²) in [6.45, 7) is 5.66. The van der Waals surface area contributed by atoms with Gasteiger partial charge in [0.1, 0.15) is 0 Å². The van der Waals surface area contributed by atoms with Gasteiger partial charge in [-0.25, -0.2) is 0 Å². The molecule has 0 saturated heterocycles. The zero-order valence-corrected chi connectivity index (χ0v) is 12.9. The Morgan fingerprint density at radius 3 is 2.52 bits per heavy atom. The Kier molecular flexibility index (Phi) is 3.08. The van der Waals surface area contributed by atoms with Crippen LogP contribution in [-0.2, 0) is 15.0 Å². The summed E-state index contributed by atoms with van der Waals surface area (Å²) in [4.78, 5) is 24.5. The third kappa shape index (κ3) is 2.23. The number of carbonyl (C=O) groups excluding carboxylic acids is 2. The molecule has 1 heterocycles. The molecule has 0 unspecified atom stereocenters. The highest BCUT2D eigenvalue weighted by Crippen LogP contribution is 2.49. The first-order valence-electron chi connectivity index (χ1n) is 7.60. The highest BCUT2D eigenvalue weighted by molar-refractivity contribution is 6.07. The first-order chi connectivity index (χ1) is 9.83. The fourth-order valence-electron chi connectivity index (χ4n) is 3.28. The zero-order valence-electron chi connectivity index (χ0n) is 12.9. The van der Waals surface area contributed by atoms with Crippen LogP contribution in [-0.4, -0.2) is 11.8 Å². The van der Waals surface area contributed by atoms with E-state index in [9.17, 15) is 9.59 Å². The van der Waals surface area contributed by atoms with Gasteiger partial charge < -0.3 is 10.6 Å². The largest absolute Gasteiger partial charge is 0.326 e. The molecule has 1 aromatic rings. The number of anilines is 2. The molecule has 4 nitrogen and oxygen atoms in total. The maximum Gasteiger partial charge on any atom is 0.235 e. The van der Waals surface area contributed by atoms with Gasteiger partial charge in [0, 0.05) is 16.8 Å². The van der Waals surface area contributed by atoms with Gasteiger partial charge in [-0.3, -0.25) is 9.59 Å². The lowest BCUT2D eigenvalue weighted by atomic mass is 9.80. The van der Waals surface area contributed by atoms with Crippen LogP contribution in [0.2, 0.25) is 0 Å². The summed E-state index contributed by atoms with van der Waals surface area (Å²) in [5, 5.41) is 5.94. The van der Waals surface area contributed by atoms with Crippen molar-refractivity contribution in [2.45, 2.75) is 51.9 Å². The van der Waals surface area contributed by atoms with Crippen LogP contribution < -0.4 is 10.6 Å². The molecule has 0 atom stereocenters. The van der Waals surface area contributed by atoms with Crippen molar-refractivity contribution in [2.24, 2.45) is 5.41 Å². The van der Waals surface area contributed by atoms with Crippen LogP contribution >= 0.6 is 0 Å². The quantitative estimate of drug-likeness (QED) is 0.831. The topological polar surface area (TPSA) is 58.2 Å². The number of rotatable bonds is 1. The van der Waals surface area contributed by atoms with Gasteiger partial charge in [0.25, 0.3) is 0 Å². The molecule has 1 saturated carbocycles. The summed E-state index contributed by atoms with van der Waals surface area (Å²) in [5.41, 5.74) is 1.93. The summed E-state index contributed by atoms with van der Waals surface area (Å²) >= 11 is 0. The highest BCUT2D eigenvalue weighted by atomic mass is 16.2. The first-order valence-corrected chi connectivity index (χ1v) is 7.60. The fraction of sp³-hybridized carbons (Fsp3) is 0.529. The predicted molar refractivity (Wildman–Crippen MR) is 83.3 cm³/mol. The van der Waals surface area contributed by atoms with E-state index in [1.807, 2.05) is 39.0 Å². The minimum absolute atomic E-state index is 0.0137. The standard InChI is InChI=1S/C17H22N2O2/c1-16(2,3)14(20)18-11-6-7-13-12(10-11)17(15(21)19-13)8-4-5-9-17/h6-7,10H,4-5,8-9H2,1-3H3,(H,18,20)(H,19,21). The number of carbonyl (C=O) groups is 2. The second kappa shape index (κ2) is 4.58. The minimum Gasteiger partial charge on any atom is -0.326 e. The monoisotopic (exact) mass is 286 g/mol. The molecule has 2 aliphatic rings. The van der Waals surface area contributed by atoms with Gasteiger partial charge in [-0.2, -0.15) is 0 Å². The maximum atomic E-state index is 12.3. The molecule has 2 amide bonds. The summed E-state index contributed by atoms with van der Waals surface area (Å²) in [7, 11) is 0. The number of hydrogen-bond donors (Lipinski definition) is 2. The van der Waals surface area contributed by atoms with Crippen molar-refractivity contribution in [1.29, 1.82) is 0 Å². The van der Waals surface area contributed by atoms with Crippen LogP contribution in [0.25, 0.3) is 0 Å². The number of hydrogen-bond acceptors (Lipinski definition) is 2. The molecule has 1 aliphatic carbocycles. The molecule has 2 N–H and O–H groups in total. The Morgan fingerprint density at radius 2 is 1.90 bits per heavy atom. The zero-order chi connectivity index (χ0) is 15.3.